The van der Waals surface area contributed by atoms with Gasteiger partial charge in [-0.3, -0.25) is 10.1 Å². The van der Waals surface area contributed by atoms with E-state index in [0.717, 1.165) is 6.20 Å². The van der Waals surface area contributed by atoms with Crippen molar-refractivity contribution in [2.24, 2.45) is 0 Å². The van der Waals surface area contributed by atoms with Gasteiger partial charge in [-0.2, -0.15) is 0 Å². The largest absolute Gasteiger partial charge is 0.490 e. The fraction of sp³-hybridized carbons (Fsp3) is 0.333. The molecule has 92 valence electrons. The van der Waals surface area contributed by atoms with Crippen LogP contribution in [0, 0.1) is 10.1 Å². The lowest BCUT2D eigenvalue weighted by atomic mass is 10.2. The monoisotopic (exact) mass is 237 g/mol. The lowest BCUT2D eigenvalue weighted by molar-refractivity contribution is -0.400. The van der Waals surface area contributed by atoms with E-state index in [4.69, 9.17) is 9.47 Å². The summed E-state index contributed by atoms with van der Waals surface area (Å²) in [6.45, 7) is 4.82. The summed E-state index contributed by atoms with van der Waals surface area (Å²) in [7, 11) is 0. The average molecular weight is 237 g/mol. The van der Waals surface area contributed by atoms with E-state index >= 15 is 0 Å². The van der Waals surface area contributed by atoms with Crippen LogP contribution in [0.3, 0.4) is 0 Å². The maximum Gasteiger partial charge on any atom is 0.235 e. The molecule has 0 aromatic heterocycles. The van der Waals surface area contributed by atoms with Gasteiger partial charge in [-0.1, -0.05) is 6.07 Å². The third-order valence-electron chi connectivity index (χ3n) is 1.96. The topological polar surface area (TPSA) is 61.6 Å². The molecule has 0 fully saturated rings. The number of nitro groups is 1. The highest BCUT2D eigenvalue weighted by Crippen LogP contribution is 2.28. The van der Waals surface area contributed by atoms with Crippen molar-refractivity contribution < 1.29 is 14.4 Å². The quantitative estimate of drug-likeness (QED) is 0.563. The minimum absolute atomic E-state index is 0.503. The van der Waals surface area contributed by atoms with Gasteiger partial charge in [0.25, 0.3) is 0 Å². The van der Waals surface area contributed by atoms with Crippen LogP contribution in [0.15, 0.2) is 24.4 Å². The van der Waals surface area contributed by atoms with Crippen LogP contribution in [-0.4, -0.2) is 18.1 Å². The van der Waals surface area contributed by atoms with Crippen molar-refractivity contribution in [1.82, 2.24) is 0 Å². The number of rotatable bonds is 6. The van der Waals surface area contributed by atoms with Crippen molar-refractivity contribution in [3.63, 3.8) is 0 Å². The standard InChI is InChI=1S/C12H15NO4/c1-3-16-11-6-5-10(7-8-13(14)15)9-12(11)17-4-2/h5-9H,3-4H2,1-2H3. The lowest BCUT2D eigenvalue weighted by Gasteiger charge is -2.10. The van der Waals surface area contributed by atoms with E-state index in [9.17, 15) is 10.1 Å². The van der Waals surface area contributed by atoms with Crippen molar-refractivity contribution in [2.45, 2.75) is 13.8 Å². The minimum Gasteiger partial charge on any atom is -0.490 e. The molecule has 1 rings (SSSR count). The Bertz CT molecular complexity index is 415. The summed E-state index contributed by atoms with van der Waals surface area (Å²) in [5, 5.41) is 10.2. The maximum atomic E-state index is 10.2. The third kappa shape index (κ3) is 4.14. The fourth-order valence-electron chi connectivity index (χ4n) is 1.32. The number of ether oxygens (including phenoxy) is 2. The molecule has 0 aliphatic carbocycles. The van der Waals surface area contributed by atoms with E-state index < -0.39 is 4.92 Å². The number of hydrogen-bond donors (Lipinski definition) is 0. The molecule has 0 atom stereocenters. The second-order valence-electron chi connectivity index (χ2n) is 3.17. The van der Waals surface area contributed by atoms with Crippen molar-refractivity contribution in [3.8, 4) is 11.5 Å². The Hall–Kier alpha value is -2.04. The minimum atomic E-state index is -0.503. The van der Waals surface area contributed by atoms with Gasteiger partial charge in [-0.05, 0) is 31.5 Å². The highest BCUT2D eigenvalue weighted by molar-refractivity contribution is 5.55. The lowest BCUT2D eigenvalue weighted by Crippen LogP contribution is -1.98. The predicted octanol–water partition coefficient (Wildman–Crippen LogP) is 2.73. The predicted molar refractivity (Wildman–Crippen MR) is 64.8 cm³/mol. The average Bonchev–Trinajstić information content (AvgIpc) is 2.30. The van der Waals surface area contributed by atoms with E-state index in [1.165, 1.54) is 6.08 Å². The summed E-state index contributed by atoms with van der Waals surface area (Å²) < 4.78 is 10.8. The highest BCUT2D eigenvalue weighted by Gasteiger charge is 2.05. The molecular weight excluding hydrogens is 222 g/mol. The van der Waals surface area contributed by atoms with Gasteiger partial charge >= 0.3 is 0 Å². The van der Waals surface area contributed by atoms with E-state index in [-0.39, 0.29) is 0 Å². The molecule has 0 aliphatic heterocycles. The van der Waals surface area contributed by atoms with Crippen LogP contribution in [0.5, 0.6) is 11.5 Å². The molecule has 0 unspecified atom stereocenters. The van der Waals surface area contributed by atoms with E-state index in [0.29, 0.717) is 30.3 Å². The van der Waals surface area contributed by atoms with Crippen LogP contribution in [-0.2, 0) is 0 Å². The highest BCUT2D eigenvalue weighted by atomic mass is 16.6. The Morgan fingerprint density at radius 3 is 2.47 bits per heavy atom. The van der Waals surface area contributed by atoms with Gasteiger partial charge in [0.05, 0.1) is 18.1 Å². The number of benzene rings is 1. The Morgan fingerprint density at radius 1 is 1.24 bits per heavy atom. The second-order valence-corrected chi connectivity index (χ2v) is 3.17. The fourth-order valence-corrected chi connectivity index (χ4v) is 1.32. The van der Waals surface area contributed by atoms with Crippen LogP contribution in [0.1, 0.15) is 19.4 Å². The maximum absolute atomic E-state index is 10.2. The summed E-state index contributed by atoms with van der Waals surface area (Å²) in [5.74, 6) is 1.24. The Morgan fingerprint density at radius 2 is 1.88 bits per heavy atom. The molecular formula is C12H15NO4. The molecule has 0 saturated heterocycles. The first-order chi connectivity index (χ1) is 8.17. The second kappa shape index (κ2) is 6.52. The molecule has 0 N–H and O–H groups in total. The normalized spacial score (nSPS) is 10.5. The Kier molecular flexibility index (Phi) is 5.00. The number of nitrogens with zero attached hydrogens (tertiary/aromatic N) is 1. The van der Waals surface area contributed by atoms with Crippen molar-refractivity contribution in [3.05, 3.63) is 40.1 Å². The third-order valence-corrected chi connectivity index (χ3v) is 1.96. The number of hydrogen-bond acceptors (Lipinski definition) is 4. The molecule has 0 bridgehead atoms. The first-order valence-corrected chi connectivity index (χ1v) is 5.38. The van der Waals surface area contributed by atoms with Crippen LogP contribution >= 0.6 is 0 Å². The first-order valence-electron chi connectivity index (χ1n) is 5.38. The SMILES string of the molecule is CCOc1ccc(C=C[N+](=O)[O-])cc1OCC. The zero-order chi connectivity index (χ0) is 12.7. The van der Waals surface area contributed by atoms with Crippen molar-refractivity contribution in [2.75, 3.05) is 13.2 Å². The summed E-state index contributed by atoms with van der Waals surface area (Å²) in [5.41, 5.74) is 0.702. The van der Waals surface area contributed by atoms with Crippen LogP contribution in [0.25, 0.3) is 6.08 Å². The zero-order valence-corrected chi connectivity index (χ0v) is 9.88. The van der Waals surface area contributed by atoms with E-state index in [2.05, 4.69) is 0 Å². The molecule has 1 aromatic carbocycles. The van der Waals surface area contributed by atoms with Gasteiger partial charge < -0.3 is 9.47 Å². The van der Waals surface area contributed by atoms with Gasteiger partial charge in [-0.15, -0.1) is 0 Å². The van der Waals surface area contributed by atoms with Gasteiger partial charge in [0.2, 0.25) is 6.20 Å². The van der Waals surface area contributed by atoms with Crippen molar-refractivity contribution >= 4 is 6.08 Å². The Labute approximate surface area is 99.8 Å². The van der Waals surface area contributed by atoms with Gasteiger partial charge in [0.15, 0.2) is 11.5 Å². The van der Waals surface area contributed by atoms with Gasteiger partial charge in [-0.25, -0.2) is 0 Å². The van der Waals surface area contributed by atoms with Crippen molar-refractivity contribution in [1.29, 1.82) is 0 Å². The van der Waals surface area contributed by atoms with Crippen LogP contribution < -0.4 is 9.47 Å². The molecule has 17 heavy (non-hydrogen) atoms. The van der Waals surface area contributed by atoms with E-state index in [1.807, 2.05) is 13.8 Å². The molecule has 0 saturated carbocycles. The molecule has 0 spiro atoms. The van der Waals surface area contributed by atoms with Gasteiger partial charge in [0, 0.05) is 6.08 Å². The first kappa shape index (κ1) is 13.0. The van der Waals surface area contributed by atoms with E-state index in [1.54, 1.807) is 18.2 Å². The molecule has 0 radical (unpaired) electrons. The summed E-state index contributed by atoms with van der Waals surface area (Å²) >= 11 is 0. The summed E-state index contributed by atoms with van der Waals surface area (Å²) in [4.78, 5) is 9.71. The van der Waals surface area contributed by atoms with Crippen LogP contribution in [0.2, 0.25) is 0 Å². The van der Waals surface area contributed by atoms with Gasteiger partial charge in [0.1, 0.15) is 0 Å². The molecule has 0 heterocycles. The smallest absolute Gasteiger partial charge is 0.235 e. The summed E-state index contributed by atoms with van der Waals surface area (Å²) in [6.07, 6.45) is 2.31. The molecule has 5 nitrogen and oxygen atoms in total. The summed E-state index contributed by atoms with van der Waals surface area (Å²) in [6, 6.07) is 5.20. The molecule has 1 aromatic rings. The zero-order valence-electron chi connectivity index (χ0n) is 9.88. The Balaban J connectivity index is 2.95. The molecule has 0 aliphatic rings. The molecule has 5 heteroatoms. The molecule has 0 amide bonds. The van der Waals surface area contributed by atoms with Crippen LogP contribution in [0.4, 0.5) is 0 Å².